The van der Waals surface area contributed by atoms with Crippen molar-refractivity contribution in [1.29, 1.82) is 0 Å². The summed E-state index contributed by atoms with van der Waals surface area (Å²) in [4.78, 5) is 27.9. The summed E-state index contributed by atoms with van der Waals surface area (Å²) >= 11 is 0. The molecule has 0 fully saturated rings. The Morgan fingerprint density at radius 1 is 0.895 bits per heavy atom. The lowest BCUT2D eigenvalue weighted by Gasteiger charge is -2.32. The molecule has 3 aromatic rings. The summed E-state index contributed by atoms with van der Waals surface area (Å²) < 4.78 is 43.0. The molecule has 0 unspecified atom stereocenters. The fraction of sp³-hybridized carbons (Fsp3) is 0.310. The summed E-state index contributed by atoms with van der Waals surface area (Å²) in [6.45, 7) is 6.34. The number of aryl methyl sites for hydroxylation is 1. The summed E-state index contributed by atoms with van der Waals surface area (Å²) in [5.41, 5.74) is 1.54. The molecule has 3 rings (SSSR count). The number of hydrogen-bond acceptors (Lipinski definition) is 4. The van der Waals surface area contributed by atoms with Gasteiger partial charge in [0.1, 0.15) is 18.4 Å². The molecule has 202 valence electrons. The maximum atomic E-state index is 14.6. The standard InChI is InChI=1S/C29H34FN3O4S/c1-5-23-15-17-25(18-16-23)33(38(36,37)26-12-7-6-8-13-26)20-28(34)32(22(4)29(35)31-21(2)3)19-24-11-9-10-14-27(24)30/h6-18,21-22H,5,19-20H2,1-4H3,(H,31,35)/t22-/m1/s1. The van der Waals surface area contributed by atoms with Crippen LogP contribution in [0.4, 0.5) is 10.1 Å². The third kappa shape index (κ3) is 6.98. The van der Waals surface area contributed by atoms with E-state index in [1.807, 2.05) is 19.1 Å². The van der Waals surface area contributed by atoms with Crippen LogP contribution in [0.1, 0.15) is 38.8 Å². The number of amides is 2. The van der Waals surface area contributed by atoms with Crippen LogP contribution >= 0.6 is 0 Å². The Morgan fingerprint density at radius 2 is 1.50 bits per heavy atom. The lowest BCUT2D eigenvalue weighted by atomic mass is 10.1. The van der Waals surface area contributed by atoms with Crippen molar-refractivity contribution in [3.8, 4) is 0 Å². The first-order valence-electron chi connectivity index (χ1n) is 12.5. The molecule has 3 aromatic carbocycles. The van der Waals surface area contributed by atoms with Gasteiger partial charge in [-0.1, -0.05) is 55.5 Å². The molecule has 0 heterocycles. The highest BCUT2D eigenvalue weighted by Crippen LogP contribution is 2.25. The van der Waals surface area contributed by atoms with Gasteiger partial charge in [-0.3, -0.25) is 13.9 Å². The van der Waals surface area contributed by atoms with Crippen molar-refractivity contribution in [2.45, 2.75) is 57.6 Å². The maximum Gasteiger partial charge on any atom is 0.264 e. The third-order valence-electron chi connectivity index (χ3n) is 6.14. The second kappa shape index (κ2) is 12.7. The molecule has 0 saturated heterocycles. The zero-order valence-corrected chi connectivity index (χ0v) is 22.9. The highest BCUT2D eigenvalue weighted by atomic mass is 32.2. The first-order valence-corrected chi connectivity index (χ1v) is 14.0. The molecule has 0 radical (unpaired) electrons. The Kier molecular flexibility index (Phi) is 9.63. The van der Waals surface area contributed by atoms with Crippen LogP contribution in [0.2, 0.25) is 0 Å². The van der Waals surface area contributed by atoms with Crippen LogP contribution in [0.3, 0.4) is 0 Å². The van der Waals surface area contributed by atoms with Gasteiger partial charge >= 0.3 is 0 Å². The van der Waals surface area contributed by atoms with Crippen molar-refractivity contribution in [2.75, 3.05) is 10.8 Å². The molecule has 2 amide bonds. The molecule has 1 N–H and O–H groups in total. The van der Waals surface area contributed by atoms with Crippen LogP contribution in [0.5, 0.6) is 0 Å². The first kappa shape index (κ1) is 28.8. The summed E-state index contributed by atoms with van der Waals surface area (Å²) in [5, 5.41) is 2.77. The van der Waals surface area contributed by atoms with E-state index in [0.717, 1.165) is 16.3 Å². The highest BCUT2D eigenvalue weighted by Gasteiger charge is 2.33. The number of carbonyl (C=O) groups excluding carboxylic acids is 2. The number of carbonyl (C=O) groups is 2. The smallest absolute Gasteiger partial charge is 0.264 e. The van der Waals surface area contributed by atoms with Gasteiger partial charge in [0.15, 0.2) is 0 Å². The molecule has 9 heteroatoms. The van der Waals surface area contributed by atoms with Crippen LogP contribution in [0, 0.1) is 5.82 Å². The van der Waals surface area contributed by atoms with E-state index in [4.69, 9.17) is 0 Å². The van der Waals surface area contributed by atoms with E-state index in [9.17, 15) is 22.4 Å². The van der Waals surface area contributed by atoms with E-state index in [2.05, 4.69) is 5.32 Å². The van der Waals surface area contributed by atoms with E-state index < -0.39 is 40.2 Å². The highest BCUT2D eigenvalue weighted by molar-refractivity contribution is 7.92. The minimum atomic E-state index is -4.14. The number of benzene rings is 3. The Hall–Kier alpha value is -3.72. The van der Waals surface area contributed by atoms with Gasteiger partial charge in [-0.25, -0.2) is 12.8 Å². The summed E-state index contributed by atoms with van der Waals surface area (Å²) in [6, 6.07) is 19.6. The molecule has 0 aliphatic rings. The van der Waals surface area contributed by atoms with Crippen LogP contribution in [-0.4, -0.2) is 43.8 Å². The fourth-order valence-corrected chi connectivity index (χ4v) is 5.38. The molecular formula is C29H34FN3O4S. The molecule has 0 bridgehead atoms. The molecule has 0 aliphatic heterocycles. The van der Waals surface area contributed by atoms with Gasteiger partial charge in [-0.15, -0.1) is 0 Å². The summed E-state index contributed by atoms with van der Waals surface area (Å²) in [5.74, 6) is -1.58. The normalized spacial score (nSPS) is 12.2. The second-order valence-corrected chi connectivity index (χ2v) is 11.2. The van der Waals surface area contributed by atoms with Crippen molar-refractivity contribution in [2.24, 2.45) is 0 Å². The predicted molar refractivity (Wildman–Crippen MR) is 146 cm³/mol. The quantitative estimate of drug-likeness (QED) is 0.388. The molecule has 0 aromatic heterocycles. The second-order valence-electron chi connectivity index (χ2n) is 9.30. The van der Waals surface area contributed by atoms with Crippen molar-refractivity contribution < 1.29 is 22.4 Å². The maximum absolute atomic E-state index is 14.6. The number of halogens is 1. The lowest BCUT2D eigenvalue weighted by Crippen LogP contribution is -2.52. The number of rotatable bonds is 11. The van der Waals surface area contributed by atoms with Gasteiger partial charge < -0.3 is 10.2 Å². The molecule has 38 heavy (non-hydrogen) atoms. The average molecular weight is 540 g/mol. The molecular weight excluding hydrogens is 505 g/mol. The molecule has 1 atom stereocenters. The van der Waals surface area contributed by atoms with Crippen molar-refractivity contribution in [3.05, 3.63) is 95.8 Å². The Labute approximate surface area is 224 Å². The van der Waals surface area contributed by atoms with Crippen molar-refractivity contribution in [1.82, 2.24) is 10.2 Å². The zero-order chi connectivity index (χ0) is 27.9. The van der Waals surface area contributed by atoms with Crippen LogP contribution in [0.15, 0.2) is 83.8 Å². The van der Waals surface area contributed by atoms with Gasteiger partial charge in [-0.2, -0.15) is 0 Å². The first-order chi connectivity index (χ1) is 18.0. The SMILES string of the molecule is CCc1ccc(N(CC(=O)N(Cc2ccccc2F)[C@H](C)C(=O)NC(C)C)S(=O)(=O)c2ccccc2)cc1. The Bertz CT molecular complexity index is 1350. The van der Waals surface area contributed by atoms with E-state index in [-0.39, 0.29) is 23.0 Å². The van der Waals surface area contributed by atoms with Gasteiger partial charge in [-0.05, 0) is 63.1 Å². The minimum absolute atomic E-state index is 0.0265. The zero-order valence-electron chi connectivity index (χ0n) is 22.1. The van der Waals surface area contributed by atoms with Gasteiger partial charge in [0, 0.05) is 18.2 Å². The van der Waals surface area contributed by atoms with Crippen LogP contribution in [0.25, 0.3) is 0 Å². The van der Waals surface area contributed by atoms with Crippen LogP contribution < -0.4 is 9.62 Å². The summed E-state index contributed by atoms with van der Waals surface area (Å²) in [6.07, 6.45) is 0.767. The van der Waals surface area contributed by atoms with E-state index in [0.29, 0.717) is 5.69 Å². The molecule has 0 aliphatic carbocycles. The number of hydrogen-bond donors (Lipinski definition) is 1. The molecule has 7 nitrogen and oxygen atoms in total. The van der Waals surface area contributed by atoms with E-state index in [1.165, 1.54) is 35.2 Å². The fourth-order valence-electron chi connectivity index (χ4n) is 3.94. The predicted octanol–water partition coefficient (Wildman–Crippen LogP) is 4.53. The van der Waals surface area contributed by atoms with Gasteiger partial charge in [0.2, 0.25) is 11.8 Å². The number of anilines is 1. The van der Waals surface area contributed by atoms with Crippen LogP contribution in [-0.2, 0) is 32.6 Å². The number of nitrogens with zero attached hydrogens (tertiary/aromatic N) is 2. The molecule has 0 saturated carbocycles. The Morgan fingerprint density at radius 3 is 2.08 bits per heavy atom. The number of nitrogens with one attached hydrogen (secondary N) is 1. The largest absolute Gasteiger partial charge is 0.352 e. The summed E-state index contributed by atoms with van der Waals surface area (Å²) in [7, 11) is -4.14. The monoisotopic (exact) mass is 539 g/mol. The van der Waals surface area contributed by atoms with Crippen molar-refractivity contribution in [3.63, 3.8) is 0 Å². The Balaban J connectivity index is 2.03. The van der Waals surface area contributed by atoms with E-state index in [1.54, 1.807) is 57.2 Å². The van der Waals surface area contributed by atoms with Gasteiger partial charge in [0.05, 0.1) is 10.6 Å². The topological polar surface area (TPSA) is 86.8 Å². The van der Waals surface area contributed by atoms with E-state index >= 15 is 0 Å². The lowest BCUT2D eigenvalue weighted by molar-refractivity contribution is -0.139. The average Bonchev–Trinajstić information content (AvgIpc) is 2.91. The minimum Gasteiger partial charge on any atom is -0.352 e. The number of sulfonamides is 1. The van der Waals surface area contributed by atoms with Gasteiger partial charge in [0.25, 0.3) is 10.0 Å². The third-order valence-corrected chi connectivity index (χ3v) is 7.93. The van der Waals surface area contributed by atoms with Crippen molar-refractivity contribution >= 4 is 27.5 Å². The molecule has 0 spiro atoms.